The zero-order valence-corrected chi connectivity index (χ0v) is 16.3. The highest BCUT2D eigenvalue weighted by molar-refractivity contribution is 7.15. The van der Waals surface area contributed by atoms with Gasteiger partial charge < -0.3 is 10.2 Å². The fourth-order valence-electron chi connectivity index (χ4n) is 3.26. The number of likely N-dealkylation sites (tertiary alicyclic amines) is 1. The molecular weight excluding hydrogens is 372 g/mol. The number of aromatic nitrogens is 4. The van der Waals surface area contributed by atoms with Crippen LogP contribution in [0.1, 0.15) is 35.0 Å². The third-order valence-electron chi connectivity index (χ3n) is 4.53. The van der Waals surface area contributed by atoms with Crippen LogP contribution < -0.4 is 5.32 Å². The van der Waals surface area contributed by atoms with E-state index in [1.54, 1.807) is 48.3 Å². The minimum Gasteiger partial charge on any atom is -0.330 e. The number of hydrogen-bond donors (Lipinski definition) is 1. The Hall–Kier alpha value is -3.13. The van der Waals surface area contributed by atoms with E-state index < -0.39 is 0 Å². The maximum absolute atomic E-state index is 12.8. The number of thiazole rings is 1. The third-order valence-corrected chi connectivity index (χ3v) is 5.36. The minimum absolute atomic E-state index is 0.0342. The van der Waals surface area contributed by atoms with Gasteiger partial charge in [0.05, 0.1) is 6.04 Å². The lowest BCUT2D eigenvalue weighted by atomic mass is 10.1. The highest BCUT2D eigenvalue weighted by atomic mass is 32.1. The second-order valence-electron chi connectivity index (χ2n) is 6.50. The number of rotatable bonds is 5. The van der Waals surface area contributed by atoms with Crippen LogP contribution >= 0.6 is 11.3 Å². The van der Waals surface area contributed by atoms with E-state index in [2.05, 4.69) is 25.3 Å². The van der Waals surface area contributed by atoms with E-state index in [0.717, 1.165) is 34.1 Å². The summed E-state index contributed by atoms with van der Waals surface area (Å²) in [6.07, 6.45) is 13.8. The van der Waals surface area contributed by atoms with E-state index in [0.29, 0.717) is 12.4 Å². The number of aryl methyl sites for hydroxylation is 1. The van der Waals surface area contributed by atoms with Crippen molar-refractivity contribution >= 4 is 34.3 Å². The molecule has 3 aromatic rings. The molecule has 3 aromatic heterocycles. The molecule has 4 heterocycles. The summed E-state index contributed by atoms with van der Waals surface area (Å²) < 4.78 is 0. The normalized spacial score (nSPS) is 16.6. The van der Waals surface area contributed by atoms with Gasteiger partial charge in [0, 0.05) is 48.5 Å². The molecule has 0 spiro atoms. The van der Waals surface area contributed by atoms with Crippen LogP contribution in [0.3, 0.4) is 0 Å². The average Bonchev–Trinajstić information content (AvgIpc) is 3.36. The fraction of sp³-hybridized carbons (Fsp3) is 0.250. The molecule has 4 rings (SSSR count). The minimum atomic E-state index is -0.108. The summed E-state index contributed by atoms with van der Waals surface area (Å²) in [5, 5.41) is 4.03. The van der Waals surface area contributed by atoms with Crippen molar-refractivity contribution in [2.24, 2.45) is 0 Å². The number of nitrogens with one attached hydrogen (secondary N) is 1. The number of amides is 1. The maximum Gasteiger partial charge on any atom is 0.247 e. The standard InChI is InChI=1S/C20H20N6OS/c1-14-12-24-20(28-14)25-19-18(22-9-10-23-19)16-5-3-11-26(16)17(27)7-6-15-4-2-8-21-13-15/h2,4,6-10,12-13,16H,3,5,11H2,1H3,(H,23,24,25)/b7-6+. The summed E-state index contributed by atoms with van der Waals surface area (Å²) in [5.74, 6) is 0.617. The summed E-state index contributed by atoms with van der Waals surface area (Å²) >= 11 is 1.56. The third kappa shape index (κ3) is 4.07. The number of anilines is 2. The van der Waals surface area contributed by atoms with Crippen LogP contribution in [0, 0.1) is 6.92 Å². The van der Waals surface area contributed by atoms with Gasteiger partial charge in [0.1, 0.15) is 5.69 Å². The lowest BCUT2D eigenvalue weighted by Gasteiger charge is -2.24. The molecule has 0 bridgehead atoms. The second-order valence-corrected chi connectivity index (χ2v) is 7.74. The number of carbonyl (C=O) groups is 1. The lowest BCUT2D eigenvalue weighted by Crippen LogP contribution is -2.30. The largest absolute Gasteiger partial charge is 0.330 e. The van der Waals surface area contributed by atoms with E-state index in [9.17, 15) is 4.79 Å². The van der Waals surface area contributed by atoms with Crippen molar-refractivity contribution in [3.05, 3.63) is 65.3 Å². The van der Waals surface area contributed by atoms with Crippen molar-refractivity contribution in [1.82, 2.24) is 24.8 Å². The number of hydrogen-bond acceptors (Lipinski definition) is 7. The van der Waals surface area contributed by atoms with Gasteiger partial charge in [-0.1, -0.05) is 6.07 Å². The van der Waals surface area contributed by atoms with Gasteiger partial charge in [0.15, 0.2) is 10.9 Å². The highest BCUT2D eigenvalue weighted by Gasteiger charge is 2.32. The first-order valence-electron chi connectivity index (χ1n) is 9.10. The van der Waals surface area contributed by atoms with Crippen LogP contribution in [0.15, 0.2) is 49.2 Å². The molecule has 7 nitrogen and oxygen atoms in total. The van der Waals surface area contributed by atoms with Gasteiger partial charge in [-0.2, -0.15) is 0 Å². The SMILES string of the molecule is Cc1cnc(Nc2nccnc2C2CCCN2C(=O)/C=C/c2cccnc2)s1. The molecule has 1 atom stereocenters. The highest BCUT2D eigenvalue weighted by Crippen LogP contribution is 2.35. The van der Waals surface area contributed by atoms with E-state index in [4.69, 9.17) is 0 Å². The predicted octanol–water partition coefficient (Wildman–Crippen LogP) is 3.76. The van der Waals surface area contributed by atoms with Crippen LogP contribution in [0.25, 0.3) is 6.08 Å². The van der Waals surface area contributed by atoms with E-state index in [-0.39, 0.29) is 11.9 Å². The molecule has 1 amide bonds. The molecule has 1 saturated heterocycles. The van der Waals surface area contributed by atoms with Crippen LogP contribution in [0.2, 0.25) is 0 Å². The average molecular weight is 392 g/mol. The van der Waals surface area contributed by atoms with E-state index >= 15 is 0 Å². The van der Waals surface area contributed by atoms with E-state index in [1.165, 1.54) is 0 Å². The molecule has 8 heteroatoms. The monoisotopic (exact) mass is 392 g/mol. The Kier molecular flexibility index (Phi) is 5.38. The van der Waals surface area contributed by atoms with Crippen LogP contribution in [0.4, 0.5) is 10.9 Å². The number of nitrogens with zero attached hydrogens (tertiary/aromatic N) is 5. The molecule has 1 N–H and O–H groups in total. The van der Waals surface area contributed by atoms with Gasteiger partial charge in [0.25, 0.3) is 0 Å². The number of pyridine rings is 1. The topological polar surface area (TPSA) is 83.9 Å². The first-order valence-corrected chi connectivity index (χ1v) is 9.91. The summed E-state index contributed by atoms with van der Waals surface area (Å²) in [4.78, 5) is 33.2. The lowest BCUT2D eigenvalue weighted by molar-refractivity contribution is -0.126. The Morgan fingerprint density at radius 3 is 2.93 bits per heavy atom. The zero-order valence-electron chi connectivity index (χ0n) is 15.4. The molecule has 1 aliphatic heterocycles. The Morgan fingerprint density at radius 1 is 1.25 bits per heavy atom. The van der Waals surface area contributed by atoms with Crippen molar-refractivity contribution in [3.8, 4) is 0 Å². The quantitative estimate of drug-likeness (QED) is 0.666. The van der Waals surface area contributed by atoms with Gasteiger partial charge in [-0.15, -0.1) is 11.3 Å². The molecule has 28 heavy (non-hydrogen) atoms. The molecule has 142 valence electrons. The zero-order chi connectivity index (χ0) is 19.3. The summed E-state index contributed by atoms with van der Waals surface area (Å²) in [6.45, 7) is 2.71. The summed E-state index contributed by atoms with van der Waals surface area (Å²) in [7, 11) is 0. The van der Waals surface area contributed by atoms with Crippen molar-refractivity contribution in [2.75, 3.05) is 11.9 Å². The molecule has 1 aliphatic rings. The first-order chi connectivity index (χ1) is 13.7. The van der Waals surface area contributed by atoms with Gasteiger partial charge in [-0.3, -0.25) is 14.8 Å². The Morgan fingerprint density at radius 2 is 2.14 bits per heavy atom. The first kappa shape index (κ1) is 18.2. The van der Waals surface area contributed by atoms with E-state index in [1.807, 2.05) is 30.2 Å². The summed E-state index contributed by atoms with van der Waals surface area (Å²) in [6, 6.07) is 3.66. The van der Waals surface area contributed by atoms with Gasteiger partial charge >= 0.3 is 0 Å². The second kappa shape index (κ2) is 8.26. The smallest absolute Gasteiger partial charge is 0.247 e. The van der Waals surface area contributed by atoms with Gasteiger partial charge in [-0.05, 0) is 37.5 Å². The van der Waals surface area contributed by atoms with Gasteiger partial charge in [0.2, 0.25) is 5.91 Å². The van der Waals surface area contributed by atoms with Crippen LogP contribution in [-0.4, -0.2) is 37.3 Å². The van der Waals surface area contributed by atoms with Gasteiger partial charge in [-0.25, -0.2) is 9.97 Å². The maximum atomic E-state index is 12.8. The molecule has 1 unspecified atom stereocenters. The molecule has 0 aliphatic carbocycles. The number of carbonyl (C=O) groups excluding carboxylic acids is 1. The molecule has 0 radical (unpaired) electrons. The Labute approximate surface area is 167 Å². The predicted molar refractivity (Wildman–Crippen MR) is 109 cm³/mol. The fourth-order valence-corrected chi connectivity index (χ4v) is 3.92. The Balaban J connectivity index is 1.55. The molecule has 0 aromatic carbocycles. The Bertz CT molecular complexity index is 987. The molecule has 1 fully saturated rings. The molecule has 0 saturated carbocycles. The molecular formula is C20H20N6OS. The van der Waals surface area contributed by atoms with Crippen molar-refractivity contribution in [3.63, 3.8) is 0 Å². The summed E-state index contributed by atoms with van der Waals surface area (Å²) in [5.41, 5.74) is 1.67. The van der Waals surface area contributed by atoms with Crippen molar-refractivity contribution in [2.45, 2.75) is 25.8 Å². The van der Waals surface area contributed by atoms with Crippen LogP contribution in [0.5, 0.6) is 0 Å². The van der Waals surface area contributed by atoms with Crippen molar-refractivity contribution in [1.29, 1.82) is 0 Å². The van der Waals surface area contributed by atoms with Crippen LogP contribution in [-0.2, 0) is 4.79 Å². The van der Waals surface area contributed by atoms with Crippen molar-refractivity contribution < 1.29 is 4.79 Å².